The van der Waals surface area contributed by atoms with E-state index in [9.17, 15) is 14.9 Å². The van der Waals surface area contributed by atoms with Gasteiger partial charge in [-0.15, -0.1) is 12.4 Å². The van der Waals surface area contributed by atoms with E-state index in [1.807, 2.05) is 0 Å². The number of nitro benzene ring substituents is 1. The summed E-state index contributed by atoms with van der Waals surface area (Å²) < 4.78 is 0. The predicted octanol–water partition coefficient (Wildman–Crippen LogP) is 2.50. The molecule has 0 aliphatic rings. The molecule has 0 aliphatic carbocycles. The van der Waals surface area contributed by atoms with Crippen LogP contribution < -0.4 is 5.32 Å². The van der Waals surface area contributed by atoms with Gasteiger partial charge in [0.1, 0.15) is 0 Å². The Kier molecular flexibility index (Phi) is 6.93. The molecule has 0 unspecified atom stereocenters. The van der Waals surface area contributed by atoms with Crippen molar-refractivity contribution in [3.8, 4) is 0 Å². The maximum absolute atomic E-state index is 10.7. The largest absolute Gasteiger partial charge is 0.480 e. The SMILES string of the molecule is Cl.O=C(O)CNCc1c([N+](=O)[O-])ccc(Cl)c1Cl. The molecule has 18 heavy (non-hydrogen) atoms. The Hall–Kier alpha value is -1.08. The molecule has 9 heteroatoms. The van der Waals surface area contributed by atoms with Crippen LogP contribution in [0.4, 0.5) is 5.69 Å². The summed E-state index contributed by atoms with van der Waals surface area (Å²) in [5, 5.41) is 21.9. The van der Waals surface area contributed by atoms with Gasteiger partial charge in [0.25, 0.3) is 5.69 Å². The maximum Gasteiger partial charge on any atom is 0.317 e. The molecule has 0 aliphatic heterocycles. The molecule has 6 nitrogen and oxygen atoms in total. The van der Waals surface area contributed by atoms with E-state index in [0.29, 0.717) is 0 Å². The number of nitrogens with zero attached hydrogens (tertiary/aromatic N) is 1. The molecule has 1 aromatic rings. The third-order valence-corrected chi connectivity index (χ3v) is 2.79. The van der Waals surface area contributed by atoms with Crippen molar-refractivity contribution in [1.29, 1.82) is 0 Å². The Balaban J connectivity index is 0.00000289. The first-order chi connectivity index (χ1) is 7.93. The second-order valence-electron chi connectivity index (χ2n) is 3.11. The van der Waals surface area contributed by atoms with Crippen LogP contribution in [0.3, 0.4) is 0 Å². The van der Waals surface area contributed by atoms with E-state index in [2.05, 4.69) is 5.32 Å². The Morgan fingerprint density at radius 3 is 2.56 bits per heavy atom. The fraction of sp³-hybridized carbons (Fsp3) is 0.222. The molecule has 0 bridgehead atoms. The highest BCUT2D eigenvalue weighted by atomic mass is 35.5. The lowest BCUT2D eigenvalue weighted by atomic mass is 10.2. The van der Waals surface area contributed by atoms with Gasteiger partial charge in [-0.3, -0.25) is 14.9 Å². The van der Waals surface area contributed by atoms with Crippen molar-refractivity contribution >= 4 is 47.3 Å². The van der Waals surface area contributed by atoms with Crippen molar-refractivity contribution in [3.63, 3.8) is 0 Å². The quantitative estimate of drug-likeness (QED) is 0.643. The number of rotatable bonds is 5. The fourth-order valence-electron chi connectivity index (χ4n) is 1.22. The summed E-state index contributed by atoms with van der Waals surface area (Å²) in [6, 6.07) is 2.55. The Morgan fingerprint density at radius 2 is 2.06 bits per heavy atom. The number of carboxylic acid groups (broad SMARTS) is 1. The van der Waals surface area contributed by atoms with E-state index in [1.54, 1.807) is 0 Å². The van der Waals surface area contributed by atoms with E-state index >= 15 is 0 Å². The van der Waals surface area contributed by atoms with Crippen LogP contribution in [-0.4, -0.2) is 22.5 Å². The Bertz CT molecular complexity index is 467. The molecule has 100 valence electrons. The number of hydrogen-bond donors (Lipinski definition) is 2. The minimum atomic E-state index is -1.06. The molecule has 0 radical (unpaired) electrons. The van der Waals surface area contributed by atoms with Gasteiger partial charge in [0.2, 0.25) is 0 Å². The lowest BCUT2D eigenvalue weighted by Crippen LogP contribution is -2.22. The van der Waals surface area contributed by atoms with Crippen LogP contribution in [0.1, 0.15) is 5.56 Å². The minimum Gasteiger partial charge on any atom is -0.480 e. The van der Waals surface area contributed by atoms with Gasteiger partial charge in [-0.25, -0.2) is 0 Å². The minimum absolute atomic E-state index is 0. The standard InChI is InChI=1S/C9H8Cl2N2O4.ClH/c10-6-1-2-7(13(16)17)5(9(6)11)3-12-4-8(14)15;/h1-2,12H,3-4H2,(H,14,15);1H. The fourth-order valence-corrected chi connectivity index (χ4v) is 1.62. The van der Waals surface area contributed by atoms with Crippen molar-refractivity contribution < 1.29 is 14.8 Å². The van der Waals surface area contributed by atoms with Crippen LogP contribution in [0.5, 0.6) is 0 Å². The van der Waals surface area contributed by atoms with Crippen LogP contribution >= 0.6 is 35.6 Å². The predicted molar refractivity (Wildman–Crippen MR) is 69.7 cm³/mol. The number of nitrogens with one attached hydrogen (secondary N) is 1. The van der Waals surface area contributed by atoms with Gasteiger partial charge in [-0.2, -0.15) is 0 Å². The first-order valence-electron chi connectivity index (χ1n) is 4.47. The normalized spacial score (nSPS) is 9.67. The van der Waals surface area contributed by atoms with Gasteiger partial charge in [-0.1, -0.05) is 23.2 Å². The van der Waals surface area contributed by atoms with Gasteiger partial charge < -0.3 is 10.4 Å². The Labute approximate surface area is 118 Å². The summed E-state index contributed by atoms with van der Waals surface area (Å²) in [5.41, 5.74) is -0.0253. The zero-order valence-electron chi connectivity index (χ0n) is 8.85. The molecule has 0 saturated carbocycles. The molecule has 1 aromatic carbocycles. The summed E-state index contributed by atoms with van der Waals surface area (Å²) in [5.74, 6) is -1.06. The summed E-state index contributed by atoms with van der Waals surface area (Å²) >= 11 is 11.6. The van der Waals surface area contributed by atoms with Gasteiger partial charge >= 0.3 is 5.97 Å². The topological polar surface area (TPSA) is 92.5 Å². The van der Waals surface area contributed by atoms with Crippen molar-refractivity contribution in [2.75, 3.05) is 6.54 Å². The van der Waals surface area contributed by atoms with Crippen LogP contribution in [0.25, 0.3) is 0 Å². The Morgan fingerprint density at radius 1 is 1.44 bits per heavy atom. The number of halogens is 3. The third-order valence-electron chi connectivity index (χ3n) is 1.95. The molecule has 2 N–H and O–H groups in total. The van der Waals surface area contributed by atoms with Crippen molar-refractivity contribution in [2.45, 2.75) is 6.54 Å². The second kappa shape index (κ2) is 7.38. The monoisotopic (exact) mass is 314 g/mol. The highest BCUT2D eigenvalue weighted by Crippen LogP contribution is 2.32. The number of aliphatic carboxylic acids is 1. The van der Waals surface area contributed by atoms with E-state index in [0.717, 1.165) is 0 Å². The van der Waals surface area contributed by atoms with Gasteiger partial charge in [-0.05, 0) is 6.07 Å². The number of carboxylic acids is 1. The summed E-state index contributed by atoms with van der Waals surface area (Å²) in [6.45, 7) is -0.359. The first kappa shape index (κ1) is 16.9. The number of carbonyl (C=O) groups is 1. The van der Waals surface area contributed by atoms with Crippen LogP contribution in [0.15, 0.2) is 12.1 Å². The molecule has 1 rings (SSSR count). The van der Waals surface area contributed by atoms with Crippen molar-refractivity contribution in [3.05, 3.63) is 37.9 Å². The molecular weight excluding hydrogens is 306 g/mol. The summed E-state index contributed by atoms with van der Waals surface area (Å²) in [7, 11) is 0. The first-order valence-corrected chi connectivity index (χ1v) is 5.23. The van der Waals surface area contributed by atoms with Gasteiger partial charge in [0.15, 0.2) is 0 Å². The van der Waals surface area contributed by atoms with Crippen molar-refractivity contribution in [1.82, 2.24) is 5.32 Å². The average molecular weight is 316 g/mol. The molecule has 0 heterocycles. The maximum atomic E-state index is 10.7. The third kappa shape index (κ3) is 4.30. The molecule has 0 aromatic heterocycles. The lowest BCUT2D eigenvalue weighted by molar-refractivity contribution is -0.385. The zero-order chi connectivity index (χ0) is 13.0. The lowest BCUT2D eigenvalue weighted by Gasteiger charge is -2.07. The van der Waals surface area contributed by atoms with E-state index in [-0.39, 0.29) is 46.8 Å². The summed E-state index contributed by atoms with van der Waals surface area (Å²) in [4.78, 5) is 20.4. The average Bonchev–Trinajstić information content (AvgIpc) is 2.23. The molecule has 0 amide bonds. The van der Waals surface area contributed by atoms with E-state index in [4.69, 9.17) is 28.3 Å². The molecule has 0 spiro atoms. The molecular formula is C9H9Cl3N2O4. The highest BCUT2D eigenvalue weighted by molar-refractivity contribution is 6.42. The van der Waals surface area contributed by atoms with E-state index < -0.39 is 10.9 Å². The van der Waals surface area contributed by atoms with Crippen molar-refractivity contribution in [2.24, 2.45) is 0 Å². The van der Waals surface area contributed by atoms with Crippen LogP contribution in [0, 0.1) is 10.1 Å². The highest BCUT2D eigenvalue weighted by Gasteiger charge is 2.18. The van der Waals surface area contributed by atoms with Crippen LogP contribution in [0.2, 0.25) is 10.0 Å². The number of nitro groups is 1. The van der Waals surface area contributed by atoms with Gasteiger partial charge in [0.05, 0.1) is 27.1 Å². The number of benzene rings is 1. The smallest absolute Gasteiger partial charge is 0.317 e. The molecule has 0 saturated heterocycles. The molecule has 0 fully saturated rings. The molecule has 0 atom stereocenters. The van der Waals surface area contributed by atoms with Gasteiger partial charge in [0, 0.05) is 12.6 Å². The van der Waals surface area contributed by atoms with Crippen LogP contribution in [-0.2, 0) is 11.3 Å². The summed E-state index contributed by atoms with van der Waals surface area (Å²) in [6.07, 6.45) is 0. The van der Waals surface area contributed by atoms with E-state index in [1.165, 1.54) is 12.1 Å². The number of hydrogen-bond acceptors (Lipinski definition) is 4. The zero-order valence-corrected chi connectivity index (χ0v) is 11.2. The second-order valence-corrected chi connectivity index (χ2v) is 3.90.